The van der Waals surface area contributed by atoms with Crippen LogP contribution in [0.25, 0.3) is 5.52 Å². The number of anilines is 1. The largest absolute Gasteiger partial charge is 0.461 e. The van der Waals surface area contributed by atoms with Crippen LogP contribution < -0.4 is 5.73 Å². The van der Waals surface area contributed by atoms with Gasteiger partial charge in [-0.15, -0.1) is 0 Å². The molecular weight excluding hydrogens is 318 g/mol. The third kappa shape index (κ3) is 3.00. The third-order valence-electron chi connectivity index (χ3n) is 3.40. The van der Waals surface area contributed by atoms with Crippen LogP contribution in [0.1, 0.15) is 28.8 Å². The molecule has 0 fully saturated rings. The lowest BCUT2D eigenvalue weighted by Gasteiger charge is -2.08. The number of hydrogen-bond donors (Lipinski definition) is 1. The summed E-state index contributed by atoms with van der Waals surface area (Å²) in [5.41, 5.74) is 8.48. The molecule has 0 amide bonds. The van der Waals surface area contributed by atoms with Gasteiger partial charge < -0.3 is 10.5 Å². The molecule has 0 radical (unpaired) electrons. The number of fused-ring (bicyclic) bond motifs is 1. The zero-order valence-electron chi connectivity index (χ0n) is 12.8. The van der Waals surface area contributed by atoms with Crippen LogP contribution in [0.2, 0.25) is 5.02 Å². The molecule has 0 aliphatic carbocycles. The quantitative estimate of drug-likeness (QED) is 0.740. The summed E-state index contributed by atoms with van der Waals surface area (Å²) >= 11 is 6.15. The molecule has 23 heavy (non-hydrogen) atoms. The summed E-state index contributed by atoms with van der Waals surface area (Å²) in [5.74, 6) is -0.0214. The van der Waals surface area contributed by atoms with Crippen molar-refractivity contribution in [3.63, 3.8) is 0 Å². The Labute approximate surface area is 137 Å². The van der Waals surface area contributed by atoms with E-state index in [9.17, 15) is 4.79 Å². The summed E-state index contributed by atoms with van der Waals surface area (Å²) in [7, 11) is 0. The SMILES string of the molecule is CCOC(=O)c1cc(C)n(Cc2cc(Cl)cc3cc(N)nn23)n1. The normalized spacial score (nSPS) is 11.1. The first-order valence-electron chi connectivity index (χ1n) is 7.13. The lowest BCUT2D eigenvalue weighted by Crippen LogP contribution is -2.11. The molecule has 0 saturated carbocycles. The second-order valence-corrected chi connectivity index (χ2v) is 5.56. The summed E-state index contributed by atoms with van der Waals surface area (Å²) in [6.45, 7) is 4.34. The van der Waals surface area contributed by atoms with Crippen LogP contribution in [-0.2, 0) is 11.3 Å². The Morgan fingerprint density at radius 1 is 1.30 bits per heavy atom. The predicted molar refractivity (Wildman–Crippen MR) is 86.6 cm³/mol. The molecule has 8 heteroatoms. The van der Waals surface area contributed by atoms with E-state index in [1.807, 2.05) is 6.92 Å². The molecule has 0 spiro atoms. The summed E-state index contributed by atoms with van der Waals surface area (Å²) in [6.07, 6.45) is 0. The zero-order chi connectivity index (χ0) is 16.6. The second kappa shape index (κ2) is 5.92. The Morgan fingerprint density at radius 2 is 2.09 bits per heavy atom. The number of hydrogen-bond acceptors (Lipinski definition) is 5. The van der Waals surface area contributed by atoms with Gasteiger partial charge in [-0.2, -0.15) is 10.2 Å². The molecule has 3 aromatic rings. The molecule has 0 aliphatic heterocycles. The number of carbonyl (C=O) groups excluding carboxylic acids is 1. The highest BCUT2D eigenvalue weighted by Gasteiger charge is 2.15. The van der Waals surface area contributed by atoms with E-state index in [2.05, 4.69) is 10.2 Å². The number of aromatic nitrogens is 4. The third-order valence-corrected chi connectivity index (χ3v) is 3.61. The Bertz CT molecular complexity index is 884. The Hall–Kier alpha value is -2.54. The van der Waals surface area contributed by atoms with E-state index in [4.69, 9.17) is 22.1 Å². The average Bonchev–Trinajstić information content (AvgIpc) is 3.02. The van der Waals surface area contributed by atoms with E-state index in [0.717, 1.165) is 16.9 Å². The van der Waals surface area contributed by atoms with E-state index in [-0.39, 0.29) is 5.69 Å². The van der Waals surface area contributed by atoms with E-state index < -0.39 is 5.97 Å². The van der Waals surface area contributed by atoms with E-state index in [1.54, 1.807) is 40.4 Å². The van der Waals surface area contributed by atoms with Gasteiger partial charge in [-0.25, -0.2) is 9.31 Å². The fourth-order valence-corrected chi connectivity index (χ4v) is 2.63. The summed E-state index contributed by atoms with van der Waals surface area (Å²) < 4.78 is 8.39. The summed E-state index contributed by atoms with van der Waals surface area (Å²) in [6, 6.07) is 7.02. The molecule has 7 nitrogen and oxygen atoms in total. The van der Waals surface area contributed by atoms with Crippen molar-refractivity contribution in [1.82, 2.24) is 19.4 Å². The van der Waals surface area contributed by atoms with Crippen molar-refractivity contribution in [2.45, 2.75) is 20.4 Å². The molecule has 0 bridgehead atoms. The first-order chi connectivity index (χ1) is 11.0. The highest BCUT2D eigenvalue weighted by atomic mass is 35.5. The molecule has 2 N–H and O–H groups in total. The maximum Gasteiger partial charge on any atom is 0.358 e. The second-order valence-electron chi connectivity index (χ2n) is 5.12. The zero-order valence-corrected chi connectivity index (χ0v) is 13.5. The number of ether oxygens (including phenoxy) is 1. The van der Waals surface area contributed by atoms with Crippen molar-refractivity contribution in [2.75, 3.05) is 12.3 Å². The van der Waals surface area contributed by atoms with Crippen LogP contribution in [0.15, 0.2) is 24.3 Å². The van der Waals surface area contributed by atoms with E-state index in [1.165, 1.54) is 0 Å². The molecule has 0 saturated heterocycles. The number of nitrogen functional groups attached to an aromatic ring is 1. The van der Waals surface area contributed by atoms with Gasteiger partial charge in [0.1, 0.15) is 5.82 Å². The van der Waals surface area contributed by atoms with Crippen LogP contribution in [0, 0.1) is 6.92 Å². The summed E-state index contributed by atoms with van der Waals surface area (Å²) in [4.78, 5) is 11.8. The first-order valence-corrected chi connectivity index (χ1v) is 7.51. The molecule has 120 valence electrons. The Balaban J connectivity index is 1.98. The topological polar surface area (TPSA) is 87.4 Å². The van der Waals surface area contributed by atoms with Gasteiger partial charge in [-0.1, -0.05) is 11.6 Å². The van der Waals surface area contributed by atoms with Gasteiger partial charge in [0.2, 0.25) is 0 Å². The van der Waals surface area contributed by atoms with Crippen molar-refractivity contribution < 1.29 is 9.53 Å². The number of pyridine rings is 1. The van der Waals surface area contributed by atoms with Crippen molar-refractivity contribution in [3.8, 4) is 0 Å². The number of rotatable bonds is 4. The van der Waals surface area contributed by atoms with Crippen LogP contribution in [0.3, 0.4) is 0 Å². The number of nitrogens with two attached hydrogens (primary N) is 1. The minimum Gasteiger partial charge on any atom is -0.461 e. The average molecular weight is 334 g/mol. The number of halogens is 1. The number of nitrogens with zero attached hydrogens (tertiary/aromatic N) is 4. The molecule has 0 unspecified atom stereocenters. The molecular formula is C15H16ClN5O2. The lowest BCUT2D eigenvalue weighted by atomic mass is 10.3. The molecule has 0 aliphatic rings. The highest BCUT2D eigenvalue weighted by Crippen LogP contribution is 2.19. The molecule has 3 rings (SSSR count). The van der Waals surface area contributed by atoms with Crippen LogP contribution in [-0.4, -0.2) is 32.0 Å². The minimum atomic E-state index is -0.436. The predicted octanol–water partition coefficient (Wildman–Crippen LogP) is 2.30. The lowest BCUT2D eigenvalue weighted by molar-refractivity contribution is 0.0518. The van der Waals surface area contributed by atoms with Crippen molar-refractivity contribution in [1.29, 1.82) is 0 Å². The van der Waals surface area contributed by atoms with Gasteiger partial charge in [0.25, 0.3) is 0 Å². The van der Waals surface area contributed by atoms with Crippen LogP contribution >= 0.6 is 11.6 Å². The maximum atomic E-state index is 11.8. The van der Waals surface area contributed by atoms with Crippen molar-refractivity contribution >= 4 is 28.9 Å². The number of aryl methyl sites for hydroxylation is 1. The first kappa shape index (κ1) is 15.4. The van der Waals surface area contributed by atoms with Crippen LogP contribution in [0.4, 0.5) is 5.82 Å². The molecule has 0 aromatic carbocycles. The fraction of sp³-hybridized carbons (Fsp3) is 0.267. The van der Waals surface area contributed by atoms with E-state index >= 15 is 0 Å². The summed E-state index contributed by atoms with van der Waals surface area (Å²) in [5, 5.41) is 9.13. The number of carbonyl (C=O) groups is 1. The smallest absolute Gasteiger partial charge is 0.358 e. The standard InChI is InChI=1S/C15H16ClN5O2/c1-3-23-15(22)13-4-9(2)20(18-13)8-12-6-10(16)5-11-7-14(17)19-21(11)12/h4-7H,3,8H2,1-2H3,(H2,17,19). The monoisotopic (exact) mass is 333 g/mol. The van der Waals surface area contributed by atoms with Gasteiger partial charge in [0.15, 0.2) is 5.69 Å². The van der Waals surface area contributed by atoms with Gasteiger partial charge in [0.05, 0.1) is 24.4 Å². The van der Waals surface area contributed by atoms with Crippen molar-refractivity contribution in [3.05, 3.63) is 46.4 Å². The van der Waals surface area contributed by atoms with Crippen LogP contribution in [0.5, 0.6) is 0 Å². The Kier molecular flexibility index (Phi) is 3.96. The minimum absolute atomic E-state index is 0.280. The van der Waals surface area contributed by atoms with E-state index in [0.29, 0.717) is 24.0 Å². The van der Waals surface area contributed by atoms with Gasteiger partial charge in [-0.3, -0.25) is 4.68 Å². The van der Waals surface area contributed by atoms with Crippen molar-refractivity contribution in [2.24, 2.45) is 0 Å². The Morgan fingerprint density at radius 3 is 2.83 bits per heavy atom. The molecule has 3 aromatic heterocycles. The number of esters is 1. The van der Waals surface area contributed by atoms with Gasteiger partial charge in [0, 0.05) is 16.8 Å². The fourth-order valence-electron chi connectivity index (χ4n) is 2.39. The maximum absolute atomic E-state index is 11.8. The highest BCUT2D eigenvalue weighted by molar-refractivity contribution is 6.31. The molecule has 0 atom stereocenters. The van der Waals surface area contributed by atoms with Gasteiger partial charge in [-0.05, 0) is 32.0 Å². The van der Waals surface area contributed by atoms with Gasteiger partial charge >= 0.3 is 5.97 Å². The molecule has 3 heterocycles.